The van der Waals surface area contributed by atoms with Crippen LogP contribution >= 0.6 is 0 Å². The van der Waals surface area contributed by atoms with Crippen LogP contribution in [0.1, 0.15) is 32.6 Å². The Kier molecular flexibility index (Phi) is 8.98. The van der Waals surface area contributed by atoms with Gasteiger partial charge in [-0.3, -0.25) is 0 Å². The van der Waals surface area contributed by atoms with E-state index < -0.39 is 17.3 Å². The summed E-state index contributed by atoms with van der Waals surface area (Å²) in [6.45, 7) is 3.80. The first kappa shape index (κ1) is 20.8. The third kappa shape index (κ3) is 6.30. The van der Waals surface area contributed by atoms with Gasteiger partial charge in [0.15, 0.2) is 0 Å². The average Bonchev–Trinajstić information content (AvgIpc) is 2.85. The van der Waals surface area contributed by atoms with E-state index in [2.05, 4.69) is 0 Å². The summed E-state index contributed by atoms with van der Waals surface area (Å²) < 4.78 is 28.4. The van der Waals surface area contributed by atoms with Crippen molar-refractivity contribution < 1.29 is 18.5 Å². The molecule has 1 saturated heterocycles. The molecule has 1 rings (SSSR count). The van der Waals surface area contributed by atoms with Crippen molar-refractivity contribution in [1.29, 1.82) is 0 Å². The summed E-state index contributed by atoms with van der Waals surface area (Å²) in [4.78, 5) is 0. The number of unbranched alkanes of at least 4 members (excludes halogenated alkanes) is 1. The third-order valence-electron chi connectivity index (χ3n) is 4.29. The molecule has 10 heteroatoms. The summed E-state index contributed by atoms with van der Waals surface area (Å²) >= 11 is 0. The fourth-order valence-electron chi connectivity index (χ4n) is 2.90. The van der Waals surface area contributed by atoms with Crippen LogP contribution in [0.25, 0.3) is 0 Å². The monoisotopic (exact) mass is 350 g/mol. The van der Waals surface area contributed by atoms with E-state index in [0.717, 1.165) is 12.8 Å². The van der Waals surface area contributed by atoms with Gasteiger partial charge in [-0.2, -0.15) is 17.0 Å². The lowest BCUT2D eigenvalue weighted by atomic mass is 9.82. The summed E-state index contributed by atoms with van der Waals surface area (Å²) in [6, 6.07) is -0.216. The van der Waals surface area contributed by atoms with Gasteiger partial charge in [-0.25, -0.2) is 0 Å². The minimum absolute atomic E-state index is 0.0504. The van der Waals surface area contributed by atoms with Crippen LogP contribution in [0.4, 0.5) is 0 Å². The molecule has 0 bridgehead atoms. The average molecular weight is 350 g/mol. The molecule has 1 heterocycles. The summed E-state index contributed by atoms with van der Waals surface area (Å²) in [5.41, 5.74) is 11.6. The molecule has 0 aromatic rings. The fourth-order valence-corrected chi connectivity index (χ4v) is 4.66. The van der Waals surface area contributed by atoms with Crippen molar-refractivity contribution in [2.24, 2.45) is 17.4 Å². The Hall–Kier alpha value is -0.225. The molecule has 0 aliphatic carbocycles. The molecule has 2 atom stereocenters. The smallest absolute Gasteiger partial charge is 0.427 e. The first-order chi connectivity index (χ1) is 10.8. The molecular weight excluding hydrogens is 319 g/mol. The van der Waals surface area contributed by atoms with E-state index in [9.17, 15) is 8.42 Å². The molecule has 0 radical (unpaired) electrons. The topological polar surface area (TPSA) is 133 Å². The number of rotatable bonds is 11. The Bertz CT molecular complexity index is 438. The van der Waals surface area contributed by atoms with Crippen molar-refractivity contribution in [3.05, 3.63) is 0 Å². The molecule has 1 aliphatic rings. The van der Waals surface area contributed by atoms with Crippen LogP contribution < -0.4 is 11.5 Å². The van der Waals surface area contributed by atoms with Crippen molar-refractivity contribution in [2.75, 3.05) is 32.7 Å². The van der Waals surface area contributed by atoms with Crippen molar-refractivity contribution in [3.63, 3.8) is 0 Å². The van der Waals surface area contributed by atoms with E-state index in [1.165, 1.54) is 8.61 Å². The van der Waals surface area contributed by atoms with Gasteiger partial charge in [-0.05, 0) is 25.1 Å². The Labute approximate surface area is 140 Å². The number of hydrogen-bond acceptors (Lipinski definition) is 6. The minimum atomic E-state index is -3.53. The second kappa shape index (κ2) is 9.92. The number of hydrogen-bond donors (Lipinski definition) is 4. The summed E-state index contributed by atoms with van der Waals surface area (Å²) in [7, 11) is -4.85. The van der Waals surface area contributed by atoms with Crippen molar-refractivity contribution in [1.82, 2.24) is 8.61 Å². The summed E-state index contributed by atoms with van der Waals surface area (Å²) in [5.74, 6) is 0.0504. The lowest BCUT2D eigenvalue weighted by Gasteiger charge is -2.27. The second-order valence-electron chi connectivity index (χ2n) is 6.20. The molecule has 0 saturated carbocycles. The van der Waals surface area contributed by atoms with E-state index in [0.29, 0.717) is 45.6 Å². The maximum Gasteiger partial charge on any atom is 0.451 e. The van der Waals surface area contributed by atoms with Gasteiger partial charge in [0.25, 0.3) is 10.2 Å². The van der Waals surface area contributed by atoms with Gasteiger partial charge < -0.3 is 21.5 Å². The van der Waals surface area contributed by atoms with Gasteiger partial charge in [0, 0.05) is 38.8 Å². The summed E-state index contributed by atoms with van der Waals surface area (Å²) in [6.07, 6.45) is 3.31. The first-order valence-corrected chi connectivity index (χ1v) is 9.79. The molecule has 23 heavy (non-hydrogen) atoms. The van der Waals surface area contributed by atoms with E-state index >= 15 is 0 Å². The standard InChI is InChI=1S/C13H31BN4O4S/c1-2-3-8-17(9-7-15)23(21,22)18-10-12(13(16)11-18)5-4-6-14(19)20/h12-13,19-20H,2-11,15-16H2,1H3/t12-,13-/m0/s1. The zero-order valence-electron chi connectivity index (χ0n) is 14.0. The fraction of sp³-hybridized carbons (Fsp3) is 1.00. The van der Waals surface area contributed by atoms with E-state index in [1.54, 1.807) is 0 Å². The number of nitrogens with two attached hydrogens (primary N) is 2. The van der Waals surface area contributed by atoms with Crippen LogP contribution in [0.5, 0.6) is 0 Å². The lowest BCUT2D eigenvalue weighted by molar-refractivity contribution is 0.352. The van der Waals surface area contributed by atoms with Gasteiger partial charge in [-0.1, -0.05) is 19.8 Å². The zero-order valence-corrected chi connectivity index (χ0v) is 14.8. The van der Waals surface area contributed by atoms with Gasteiger partial charge in [0.1, 0.15) is 0 Å². The molecule has 8 nitrogen and oxygen atoms in total. The molecule has 0 aromatic carbocycles. The maximum absolute atomic E-state index is 12.8. The third-order valence-corrected chi connectivity index (χ3v) is 6.26. The summed E-state index contributed by atoms with van der Waals surface area (Å²) in [5, 5.41) is 17.8. The molecule has 0 unspecified atom stereocenters. The Morgan fingerprint density at radius 2 is 1.96 bits per heavy atom. The van der Waals surface area contributed by atoms with Crippen LogP contribution in [0, 0.1) is 5.92 Å². The van der Waals surface area contributed by atoms with Gasteiger partial charge in [-0.15, -0.1) is 0 Å². The first-order valence-electron chi connectivity index (χ1n) is 8.39. The van der Waals surface area contributed by atoms with Crippen molar-refractivity contribution in [3.8, 4) is 0 Å². The molecule has 0 aromatic heterocycles. The molecule has 0 spiro atoms. The normalized spacial score (nSPS) is 22.9. The molecule has 0 amide bonds. The Balaban J connectivity index is 2.65. The molecule has 1 fully saturated rings. The predicted octanol–water partition coefficient (Wildman–Crippen LogP) is -1.20. The highest BCUT2D eigenvalue weighted by atomic mass is 32.2. The largest absolute Gasteiger partial charge is 0.451 e. The SMILES string of the molecule is CCCCN(CCN)S(=O)(=O)N1C[C@H](CCCB(O)O)[C@@H](N)C1. The highest BCUT2D eigenvalue weighted by Gasteiger charge is 2.39. The van der Waals surface area contributed by atoms with Gasteiger partial charge in [0.05, 0.1) is 0 Å². The van der Waals surface area contributed by atoms with Crippen LogP contribution in [-0.4, -0.2) is 73.0 Å². The molecule has 1 aliphatic heterocycles. The molecular formula is C13H31BN4O4S. The van der Waals surface area contributed by atoms with Crippen LogP contribution in [0.3, 0.4) is 0 Å². The highest BCUT2D eigenvalue weighted by molar-refractivity contribution is 7.86. The second-order valence-corrected chi connectivity index (χ2v) is 8.13. The van der Waals surface area contributed by atoms with Gasteiger partial charge in [0.2, 0.25) is 0 Å². The maximum atomic E-state index is 12.8. The van der Waals surface area contributed by atoms with E-state index in [-0.39, 0.29) is 18.3 Å². The quantitative estimate of drug-likeness (QED) is 0.346. The van der Waals surface area contributed by atoms with Crippen molar-refractivity contribution in [2.45, 2.75) is 45.0 Å². The lowest BCUT2D eigenvalue weighted by Crippen LogP contribution is -2.45. The van der Waals surface area contributed by atoms with Crippen molar-refractivity contribution >= 4 is 17.3 Å². The predicted molar refractivity (Wildman–Crippen MR) is 91.7 cm³/mol. The van der Waals surface area contributed by atoms with Crippen LogP contribution in [-0.2, 0) is 10.2 Å². The van der Waals surface area contributed by atoms with E-state index in [1.807, 2.05) is 6.92 Å². The molecule has 136 valence electrons. The molecule has 6 N–H and O–H groups in total. The van der Waals surface area contributed by atoms with Gasteiger partial charge >= 0.3 is 7.12 Å². The minimum Gasteiger partial charge on any atom is -0.427 e. The van der Waals surface area contributed by atoms with E-state index in [4.69, 9.17) is 21.5 Å². The zero-order chi connectivity index (χ0) is 17.5. The Morgan fingerprint density at radius 3 is 2.52 bits per heavy atom. The number of nitrogens with zero attached hydrogens (tertiary/aromatic N) is 2. The highest BCUT2D eigenvalue weighted by Crippen LogP contribution is 2.25. The Morgan fingerprint density at radius 1 is 1.26 bits per heavy atom. The van der Waals surface area contributed by atoms with Crippen LogP contribution in [0.2, 0.25) is 6.32 Å². The van der Waals surface area contributed by atoms with Crippen LogP contribution in [0.15, 0.2) is 0 Å².